The highest BCUT2D eigenvalue weighted by atomic mass is 32.2. The van der Waals surface area contributed by atoms with Gasteiger partial charge in [0, 0.05) is 11.6 Å². The van der Waals surface area contributed by atoms with Crippen LogP contribution in [0.1, 0.15) is 21.5 Å². The van der Waals surface area contributed by atoms with E-state index in [1.54, 1.807) is 42.5 Å². The summed E-state index contributed by atoms with van der Waals surface area (Å²) in [5.41, 5.74) is 6.89. The molecule has 0 saturated heterocycles. The lowest BCUT2D eigenvalue weighted by atomic mass is 10.1. The fourth-order valence-corrected chi connectivity index (χ4v) is 3.96. The Balaban J connectivity index is 1.76. The molecule has 0 aliphatic rings. The number of hydrogen-bond donors (Lipinski definition) is 2. The van der Waals surface area contributed by atoms with Crippen LogP contribution >= 0.6 is 0 Å². The lowest BCUT2D eigenvalue weighted by Gasteiger charge is -2.13. The summed E-state index contributed by atoms with van der Waals surface area (Å²) >= 11 is 0. The smallest absolute Gasteiger partial charge is 0.276 e. The third-order valence-corrected chi connectivity index (χ3v) is 6.11. The van der Waals surface area contributed by atoms with Gasteiger partial charge in [0.2, 0.25) is 0 Å². The van der Waals surface area contributed by atoms with Gasteiger partial charge in [0.25, 0.3) is 15.9 Å². The van der Waals surface area contributed by atoms with Gasteiger partial charge in [-0.25, -0.2) is 4.83 Å². The van der Waals surface area contributed by atoms with Crippen LogP contribution in [0.15, 0.2) is 70.7 Å². The molecule has 0 saturated carbocycles. The van der Waals surface area contributed by atoms with E-state index in [2.05, 4.69) is 9.93 Å². The van der Waals surface area contributed by atoms with Crippen LogP contribution in [0.4, 0.5) is 0 Å². The lowest BCUT2D eigenvalue weighted by Crippen LogP contribution is -2.18. The first kappa shape index (κ1) is 25.4. The van der Waals surface area contributed by atoms with Crippen LogP contribution in [0.25, 0.3) is 0 Å². The first-order chi connectivity index (χ1) is 16.8. The standard InChI is InChI=1S/C24H25N3O7S/c1-31-20-10-8-16(12-17(20)15-34-21-7-5-4-6-19(21)24(25)28)14-26-27-35(29,30)18-9-11-22(32-2)23(13-18)33-3/h4-14,27H,15H2,1-3H3,(H2,25,28)/b26-14-. The van der Waals surface area contributed by atoms with Gasteiger partial charge in [-0.2, -0.15) is 13.5 Å². The van der Waals surface area contributed by atoms with Crippen LogP contribution in [0, 0.1) is 0 Å². The van der Waals surface area contributed by atoms with Crippen molar-refractivity contribution in [1.29, 1.82) is 0 Å². The number of hydrazone groups is 1. The SMILES string of the molecule is COc1ccc(/C=N\NS(=O)(=O)c2ccc(OC)c(OC)c2)cc1COc1ccccc1C(N)=O. The summed E-state index contributed by atoms with van der Waals surface area (Å²) in [6, 6.07) is 16.0. The van der Waals surface area contributed by atoms with Gasteiger partial charge in [-0.3, -0.25) is 4.79 Å². The summed E-state index contributed by atoms with van der Waals surface area (Å²) in [5.74, 6) is 0.960. The van der Waals surface area contributed by atoms with E-state index in [4.69, 9.17) is 24.7 Å². The van der Waals surface area contributed by atoms with Gasteiger partial charge < -0.3 is 24.7 Å². The van der Waals surface area contributed by atoms with Gasteiger partial charge in [-0.05, 0) is 48.0 Å². The maximum atomic E-state index is 12.6. The molecule has 35 heavy (non-hydrogen) atoms. The molecule has 1 amide bonds. The number of para-hydroxylation sites is 1. The van der Waals surface area contributed by atoms with E-state index < -0.39 is 15.9 Å². The highest BCUT2D eigenvalue weighted by molar-refractivity contribution is 7.89. The van der Waals surface area contributed by atoms with Crippen molar-refractivity contribution in [2.24, 2.45) is 10.8 Å². The van der Waals surface area contributed by atoms with E-state index in [1.165, 1.54) is 45.7 Å². The van der Waals surface area contributed by atoms with Crippen molar-refractivity contribution in [2.75, 3.05) is 21.3 Å². The van der Waals surface area contributed by atoms with Crippen molar-refractivity contribution in [3.05, 3.63) is 77.4 Å². The van der Waals surface area contributed by atoms with Crippen molar-refractivity contribution in [2.45, 2.75) is 11.5 Å². The number of rotatable bonds is 11. The Labute approximate surface area is 203 Å². The third-order valence-electron chi connectivity index (χ3n) is 4.89. The molecule has 10 nitrogen and oxygen atoms in total. The molecule has 184 valence electrons. The minimum atomic E-state index is -3.95. The summed E-state index contributed by atoms with van der Waals surface area (Å²) < 4.78 is 46.6. The van der Waals surface area contributed by atoms with Gasteiger partial charge in [0.05, 0.1) is 38.0 Å². The zero-order valence-corrected chi connectivity index (χ0v) is 20.2. The average molecular weight is 500 g/mol. The van der Waals surface area contributed by atoms with Gasteiger partial charge in [0.1, 0.15) is 18.1 Å². The average Bonchev–Trinajstić information content (AvgIpc) is 2.87. The number of hydrogen-bond acceptors (Lipinski definition) is 8. The molecule has 0 atom stereocenters. The van der Waals surface area contributed by atoms with Gasteiger partial charge >= 0.3 is 0 Å². The Morgan fingerprint density at radius 1 is 0.914 bits per heavy atom. The predicted octanol–water partition coefficient (Wildman–Crippen LogP) is 2.70. The minimum Gasteiger partial charge on any atom is -0.496 e. The zero-order chi connectivity index (χ0) is 25.4. The fourth-order valence-electron chi connectivity index (χ4n) is 3.15. The third kappa shape index (κ3) is 6.21. The quantitative estimate of drug-likeness (QED) is 0.305. The Bertz CT molecular complexity index is 1340. The molecule has 3 rings (SSSR count). The molecule has 0 aromatic heterocycles. The Morgan fingerprint density at radius 3 is 2.29 bits per heavy atom. The van der Waals surface area contributed by atoms with E-state index >= 15 is 0 Å². The number of ether oxygens (including phenoxy) is 4. The molecule has 3 N–H and O–H groups in total. The maximum absolute atomic E-state index is 12.6. The molecule has 0 spiro atoms. The minimum absolute atomic E-state index is 0.0377. The van der Waals surface area contributed by atoms with Gasteiger partial charge in [-0.15, -0.1) is 0 Å². The highest BCUT2D eigenvalue weighted by Gasteiger charge is 2.16. The molecule has 3 aromatic carbocycles. The van der Waals surface area contributed by atoms with Crippen LogP contribution in [0.5, 0.6) is 23.0 Å². The molecule has 3 aromatic rings. The number of nitrogens with zero attached hydrogens (tertiary/aromatic N) is 1. The van der Waals surface area contributed by atoms with Crippen LogP contribution in [-0.2, 0) is 16.6 Å². The van der Waals surface area contributed by atoms with Gasteiger partial charge in [0.15, 0.2) is 11.5 Å². The molecule has 0 heterocycles. The number of primary amides is 1. The summed E-state index contributed by atoms with van der Waals surface area (Å²) in [5, 5.41) is 3.86. The normalized spacial score (nSPS) is 11.2. The molecule has 0 unspecified atom stereocenters. The molecule has 11 heteroatoms. The highest BCUT2D eigenvalue weighted by Crippen LogP contribution is 2.29. The van der Waals surface area contributed by atoms with Crippen molar-refractivity contribution in [3.8, 4) is 23.0 Å². The van der Waals surface area contributed by atoms with Crippen molar-refractivity contribution < 1.29 is 32.2 Å². The van der Waals surface area contributed by atoms with Crippen LogP contribution in [-0.4, -0.2) is 41.9 Å². The predicted molar refractivity (Wildman–Crippen MR) is 130 cm³/mol. The number of nitrogens with one attached hydrogen (secondary N) is 1. The van der Waals surface area contributed by atoms with E-state index in [-0.39, 0.29) is 22.8 Å². The van der Waals surface area contributed by atoms with E-state index in [9.17, 15) is 13.2 Å². The summed E-state index contributed by atoms with van der Waals surface area (Å²) in [6.45, 7) is 0.0759. The van der Waals surface area contributed by atoms with Gasteiger partial charge in [-0.1, -0.05) is 12.1 Å². The first-order valence-electron chi connectivity index (χ1n) is 10.2. The van der Waals surface area contributed by atoms with E-state index in [1.807, 2.05) is 0 Å². The number of nitrogens with two attached hydrogens (primary N) is 1. The van der Waals surface area contributed by atoms with Crippen LogP contribution in [0.2, 0.25) is 0 Å². The largest absolute Gasteiger partial charge is 0.496 e. The second-order valence-corrected chi connectivity index (χ2v) is 8.75. The van der Waals surface area contributed by atoms with Crippen molar-refractivity contribution in [1.82, 2.24) is 4.83 Å². The van der Waals surface area contributed by atoms with Crippen molar-refractivity contribution >= 4 is 22.1 Å². The number of methoxy groups -OCH3 is 3. The molecule has 0 bridgehead atoms. The summed E-state index contributed by atoms with van der Waals surface area (Å²) in [6.07, 6.45) is 1.35. The molecule has 0 aliphatic carbocycles. The first-order valence-corrected chi connectivity index (χ1v) is 11.7. The summed E-state index contributed by atoms with van der Waals surface area (Å²) in [7, 11) is 0.440. The van der Waals surface area contributed by atoms with Crippen LogP contribution in [0.3, 0.4) is 0 Å². The molecule has 0 aliphatic heterocycles. The number of carbonyl (C=O) groups excluding carboxylic acids is 1. The Hall–Kier alpha value is -4.25. The number of benzene rings is 3. The number of amides is 1. The van der Waals surface area contributed by atoms with Crippen LogP contribution < -0.4 is 29.5 Å². The number of sulfonamides is 1. The summed E-state index contributed by atoms with van der Waals surface area (Å²) in [4.78, 5) is 13.7. The molecular formula is C24H25N3O7S. The lowest BCUT2D eigenvalue weighted by molar-refractivity contribution is 0.0996. The molecule has 0 fully saturated rings. The fraction of sp³-hybridized carbons (Fsp3) is 0.167. The monoisotopic (exact) mass is 499 g/mol. The second kappa shape index (κ2) is 11.3. The molecular weight excluding hydrogens is 474 g/mol. The Morgan fingerprint density at radius 2 is 1.60 bits per heavy atom. The zero-order valence-electron chi connectivity index (χ0n) is 19.3. The van der Waals surface area contributed by atoms with Crippen molar-refractivity contribution in [3.63, 3.8) is 0 Å². The Kier molecular flexibility index (Phi) is 8.16. The van der Waals surface area contributed by atoms with E-state index in [0.717, 1.165) is 0 Å². The molecule has 0 radical (unpaired) electrons. The topological polar surface area (TPSA) is 139 Å². The second-order valence-electron chi connectivity index (χ2n) is 7.09. The van der Waals surface area contributed by atoms with E-state index in [0.29, 0.717) is 28.4 Å². The number of carbonyl (C=O) groups is 1. The maximum Gasteiger partial charge on any atom is 0.276 e.